The van der Waals surface area contributed by atoms with Crippen LogP contribution in [0.5, 0.6) is 0 Å². The van der Waals surface area contributed by atoms with Crippen molar-refractivity contribution in [3.8, 4) is 0 Å². The Bertz CT molecular complexity index is 306. The first-order valence-electron chi connectivity index (χ1n) is 4.18. The summed E-state index contributed by atoms with van der Waals surface area (Å²) in [6.45, 7) is 0. The molecule has 0 radical (unpaired) electrons. The molecular formula is C13H4O4Ti-8. The fraction of sp³-hybridized carbons (Fsp3) is 0.0769. The Morgan fingerprint density at radius 1 is 0.778 bits per heavy atom. The normalized spacial score (nSPS) is 7.56. The molecule has 2 rings (SSSR count). The van der Waals surface area contributed by atoms with E-state index >= 15 is 0 Å². The largest absolute Gasteiger partial charge is 4.00 e. The summed E-state index contributed by atoms with van der Waals surface area (Å²) in [5.41, 5.74) is 0. The van der Waals surface area contributed by atoms with Gasteiger partial charge in [0.25, 0.3) is 0 Å². The molecule has 0 unspecified atom stereocenters. The van der Waals surface area contributed by atoms with Crippen LogP contribution in [0.4, 0.5) is 0 Å². The molecule has 0 N–H and O–H groups in total. The average molecular weight is 272 g/mol. The number of hydrogen-bond donors (Lipinski definition) is 0. The van der Waals surface area contributed by atoms with Crippen LogP contribution in [-0.4, -0.2) is 11.9 Å². The summed E-state index contributed by atoms with van der Waals surface area (Å²) in [5.74, 6) is -3.25. The molecule has 2 aromatic carbocycles. The van der Waals surface area contributed by atoms with E-state index in [1.165, 1.54) is 0 Å². The van der Waals surface area contributed by atoms with Gasteiger partial charge in [-0.1, -0.05) is 0 Å². The van der Waals surface area contributed by atoms with Crippen molar-refractivity contribution in [1.82, 2.24) is 0 Å². The van der Waals surface area contributed by atoms with E-state index in [1.807, 2.05) is 0 Å². The second-order valence-corrected chi connectivity index (χ2v) is 2.29. The summed E-state index contributed by atoms with van der Waals surface area (Å²) in [5, 5.41) is 18.6. The maximum Gasteiger partial charge on any atom is 4.00 e. The van der Waals surface area contributed by atoms with Crippen LogP contribution in [0.2, 0.25) is 0 Å². The minimum Gasteiger partial charge on any atom is -0.999 e. The Balaban J connectivity index is 0. The van der Waals surface area contributed by atoms with Gasteiger partial charge in [0.1, 0.15) is 0 Å². The minimum absolute atomic E-state index is 0. The maximum absolute atomic E-state index is 9.28. The minimum atomic E-state index is -1.63. The van der Waals surface area contributed by atoms with Gasteiger partial charge in [-0.05, 0) is 0 Å². The molecule has 92 valence electrons. The number of hydrogen-bond acceptors (Lipinski definition) is 4. The van der Waals surface area contributed by atoms with Gasteiger partial charge in [-0.15, -0.1) is 0 Å². The van der Waals surface area contributed by atoms with Gasteiger partial charge < -0.3 is 80.5 Å². The van der Waals surface area contributed by atoms with Crippen molar-refractivity contribution in [2.24, 2.45) is 0 Å². The van der Waals surface area contributed by atoms with Gasteiger partial charge in [-0.2, -0.15) is 0 Å². The zero-order chi connectivity index (χ0) is 12.9. The SMILES string of the molecule is O=C([O-])CC(=O)[O-].[Ti+4].[c-]1[c-][c-][cH-][c-]1.[c-]1[c-][c-][cH-][c-]1. The monoisotopic (exact) mass is 272 g/mol. The van der Waals surface area contributed by atoms with Gasteiger partial charge in [-0.3, -0.25) is 0 Å². The third-order valence-corrected chi connectivity index (χ3v) is 0.991. The van der Waals surface area contributed by atoms with Crippen LogP contribution in [0.25, 0.3) is 0 Å². The number of aliphatic carboxylic acids is 2. The smallest absolute Gasteiger partial charge is 0.999 e. The second kappa shape index (κ2) is 13.4. The Morgan fingerprint density at radius 2 is 1.06 bits per heavy atom. The Morgan fingerprint density at radius 3 is 1.11 bits per heavy atom. The molecule has 0 saturated carbocycles. The zero-order valence-electron chi connectivity index (χ0n) is 8.99. The molecule has 0 spiro atoms. The molecule has 0 aliphatic rings. The number of rotatable bonds is 2. The Hall–Kier alpha value is -1.65. The van der Waals surface area contributed by atoms with Gasteiger partial charge >= 0.3 is 21.7 Å². The average Bonchev–Trinajstić information content (AvgIpc) is 2.96. The molecule has 0 aliphatic heterocycles. The number of carbonyl (C=O) groups is 2. The van der Waals surface area contributed by atoms with E-state index in [2.05, 4.69) is 48.5 Å². The van der Waals surface area contributed by atoms with Gasteiger partial charge in [0, 0.05) is 18.4 Å². The molecular weight excluding hydrogens is 268 g/mol. The summed E-state index contributed by atoms with van der Waals surface area (Å²) < 4.78 is 0. The third kappa shape index (κ3) is 16.8. The van der Waals surface area contributed by atoms with E-state index in [1.54, 1.807) is 12.1 Å². The Labute approximate surface area is 120 Å². The van der Waals surface area contributed by atoms with Crippen molar-refractivity contribution >= 4 is 11.9 Å². The summed E-state index contributed by atoms with van der Waals surface area (Å²) in [6, 6.07) is 24.0. The molecule has 2 aromatic rings. The van der Waals surface area contributed by atoms with E-state index in [0.717, 1.165) is 0 Å². The van der Waals surface area contributed by atoms with Gasteiger partial charge in [0.2, 0.25) is 0 Å². The van der Waals surface area contributed by atoms with Crippen molar-refractivity contribution in [3.63, 3.8) is 0 Å². The first-order valence-corrected chi connectivity index (χ1v) is 4.18. The third-order valence-electron chi connectivity index (χ3n) is 0.991. The Kier molecular flexibility index (Phi) is 14.0. The van der Waals surface area contributed by atoms with Crippen molar-refractivity contribution < 1.29 is 41.5 Å². The number of carboxylic acid groups (broad SMARTS) is 2. The fourth-order valence-corrected chi connectivity index (χ4v) is 0.479. The number of carboxylic acids is 2. The van der Waals surface area contributed by atoms with Crippen LogP contribution >= 0.6 is 0 Å². The van der Waals surface area contributed by atoms with Crippen LogP contribution in [0.3, 0.4) is 0 Å². The van der Waals surface area contributed by atoms with Gasteiger partial charge in [-0.25, -0.2) is 0 Å². The van der Waals surface area contributed by atoms with Crippen molar-refractivity contribution in [2.75, 3.05) is 0 Å². The molecule has 4 nitrogen and oxygen atoms in total. The fourth-order valence-electron chi connectivity index (χ4n) is 0.479. The maximum atomic E-state index is 9.28. The predicted octanol–water partition coefficient (Wildman–Crippen LogP) is -1.91. The molecule has 0 aliphatic carbocycles. The van der Waals surface area contributed by atoms with Crippen molar-refractivity contribution in [2.45, 2.75) is 6.42 Å². The second-order valence-electron chi connectivity index (χ2n) is 2.29. The molecule has 0 heterocycles. The van der Waals surface area contributed by atoms with Crippen LogP contribution < -0.4 is 10.2 Å². The first-order chi connectivity index (χ1) is 8.13. The van der Waals surface area contributed by atoms with E-state index in [-0.39, 0.29) is 21.7 Å². The standard InChI is InChI=1S/2C5H.C3H4O4.Ti/c2*1-2-4-5-3-1;4-2(5)1-3(6)7;/h2*1H;1H2,(H,4,5)(H,6,7);/q2*-5;;+4/p-2. The van der Waals surface area contributed by atoms with Crippen molar-refractivity contribution in [1.29, 1.82) is 0 Å². The summed E-state index contributed by atoms with van der Waals surface area (Å²) in [4.78, 5) is 18.6. The molecule has 18 heavy (non-hydrogen) atoms. The van der Waals surface area contributed by atoms with Crippen LogP contribution in [0, 0.1) is 48.5 Å². The molecule has 0 saturated heterocycles. The molecule has 5 heteroatoms. The van der Waals surface area contributed by atoms with Gasteiger partial charge in [0.15, 0.2) is 0 Å². The summed E-state index contributed by atoms with van der Waals surface area (Å²) in [6.07, 6.45) is -1.03. The molecule has 0 atom stereocenters. The predicted molar refractivity (Wildman–Crippen MR) is 49.4 cm³/mol. The molecule has 0 fully saturated rings. The topological polar surface area (TPSA) is 80.3 Å². The van der Waals surface area contributed by atoms with Crippen LogP contribution in [0.1, 0.15) is 6.42 Å². The van der Waals surface area contributed by atoms with E-state index in [0.29, 0.717) is 0 Å². The van der Waals surface area contributed by atoms with E-state index < -0.39 is 18.4 Å². The van der Waals surface area contributed by atoms with Crippen molar-refractivity contribution in [3.05, 3.63) is 60.7 Å². The zero-order valence-corrected chi connectivity index (χ0v) is 10.6. The molecule has 0 amide bonds. The first kappa shape index (κ1) is 18.7. The van der Waals surface area contributed by atoms with E-state index in [9.17, 15) is 19.8 Å². The van der Waals surface area contributed by atoms with Crippen LogP contribution in [-0.2, 0) is 31.3 Å². The number of carbonyl (C=O) groups excluding carboxylic acids is 2. The summed E-state index contributed by atoms with van der Waals surface area (Å²) in [7, 11) is 0. The molecule has 0 aromatic heterocycles. The summed E-state index contributed by atoms with van der Waals surface area (Å²) >= 11 is 0. The van der Waals surface area contributed by atoms with E-state index in [4.69, 9.17) is 0 Å². The quantitative estimate of drug-likeness (QED) is 0.363. The molecule has 0 bridgehead atoms. The van der Waals surface area contributed by atoms with Gasteiger partial charge in [0.05, 0.1) is 0 Å². The van der Waals surface area contributed by atoms with Crippen LogP contribution in [0.15, 0.2) is 12.1 Å².